The molecule has 0 spiro atoms. The molecule has 4 heteroatoms. The van der Waals surface area contributed by atoms with E-state index in [-0.39, 0.29) is 18.0 Å². The van der Waals surface area contributed by atoms with Gasteiger partial charge in [0, 0.05) is 11.6 Å². The number of hydrogen-bond acceptors (Lipinski definition) is 3. The van der Waals surface area contributed by atoms with Crippen molar-refractivity contribution in [3.63, 3.8) is 0 Å². The van der Waals surface area contributed by atoms with Gasteiger partial charge in [0.05, 0.1) is 7.11 Å². The van der Waals surface area contributed by atoms with Crippen LogP contribution in [0.15, 0.2) is 48.5 Å². The zero-order valence-corrected chi connectivity index (χ0v) is 11.5. The molecule has 0 aliphatic rings. The largest absolute Gasteiger partial charge is 0.496 e. The summed E-state index contributed by atoms with van der Waals surface area (Å²) in [5.74, 6) is 0.989. The minimum atomic E-state index is -0.364. The molecule has 20 heavy (non-hydrogen) atoms. The molecule has 2 unspecified atom stereocenters. The van der Waals surface area contributed by atoms with E-state index in [1.54, 1.807) is 19.2 Å². The molecule has 0 aromatic heterocycles. The topological polar surface area (TPSA) is 44.5 Å². The Morgan fingerprint density at radius 3 is 2.30 bits per heavy atom. The lowest BCUT2D eigenvalue weighted by atomic mass is 10.0. The molecular formula is C16H18FNO2. The van der Waals surface area contributed by atoms with Crippen molar-refractivity contribution in [2.24, 2.45) is 5.73 Å². The van der Waals surface area contributed by atoms with E-state index >= 15 is 0 Å². The molecule has 0 bridgehead atoms. The van der Waals surface area contributed by atoms with Gasteiger partial charge in [0.15, 0.2) is 0 Å². The number of benzene rings is 2. The summed E-state index contributed by atoms with van der Waals surface area (Å²) < 4.78 is 24.1. The van der Waals surface area contributed by atoms with Crippen molar-refractivity contribution < 1.29 is 13.9 Å². The normalized spacial score (nSPS) is 13.6. The first-order chi connectivity index (χ1) is 9.61. The highest BCUT2D eigenvalue weighted by molar-refractivity contribution is 5.37. The Hall–Kier alpha value is -2.07. The van der Waals surface area contributed by atoms with Crippen LogP contribution in [-0.2, 0) is 0 Å². The van der Waals surface area contributed by atoms with Gasteiger partial charge in [-0.1, -0.05) is 18.2 Å². The third-order valence-corrected chi connectivity index (χ3v) is 3.00. The van der Waals surface area contributed by atoms with Gasteiger partial charge in [-0.3, -0.25) is 0 Å². The Kier molecular flexibility index (Phi) is 4.58. The fraction of sp³-hybridized carbons (Fsp3) is 0.250. The van der Waals surface area contributed by atoms with Crippen LogP contribution in [0.3, 0.4) is 0 Å². The van der Waals surface area contributed by atoms with Crippen LogP contribution in [0.25, 0.3) is 0 Å². The van der Waals surface area contributed by atoms with E-state index in [0.29, 0.717) is 5.75 Å². The highest BCUT2D eigenvalue weighted by Crippen LogP contribution is 2.30. The van der Waals surface area contributed by atoms with Crippen LogP contribution in [0.2, 0.25) is 0 Å². The van der Waals surface area contributed by atoms with E-state index in [4.69, 9.17) is 15.2 Å². The van der Waals surface area contributed by atoms with E-state index < -0.39 is 0 Å². The molecule has 3 nitrogen and oxygen atoms in total. The average Bonchev–Trinajstić information content (AvgIpc) is 2.46. The SMILES string of the molecule is COc1ccccc1C(Oc1ccc(F)cc1)C(C)N. The van der Waals surface area contributed by atoms with Crippen molar-refractivity contribution >= 4 is 0 Å². The number of para-hydroxylation sites is 1. The monoisotopic (exact) mass is 275 g/mol. The maximum atomic E-state index is 12.9. The minimum absolute atomic E-state index is 0.239. The van der Waals surface area contributed by atoms with Crippen LogP contribution in [0.5, 0.6) is 11.5 Å². The molecule has 2 aromatic carbocycles. The third-order valence-electron chi connectivity index (χ3n) is 3.00. The maximum absolute atomic E-state index is 12.9. The lowest BCUT2D eigenvalue weighted by Crippen LogP contribution is -2.29. The second-order valence-corrected chi connectivity index (χ2v) is 4.59. The average molecular weight is 275 g/mol. The van der Waals surface area contributed by atoms with E-state index in [1.165, 1.54) is 12.1 Å². The Labute approximate surface area is 118 Å². The van der Waals surface area contributed by atoms with Crippen molar-refractivity contribution in [3.05, 3.63) is 59.9 Å². The summed E-state index contributed by atoms with van der Waals surface area (Å²) in [7, 11) is 1.61. The van der Waals surface area contributed by atoms with E-state index in [0.717, 1.165) is 11.3 Å². The number of nitrogens with two attached hydrogens (primary N) is 1. The molecule has 0 amide bonds. The zero-order chi connectivity index (χ0) is 14.5. The van der Waals surface area contributed by atoms with Crippen molar-refractivity contribution in [3.8, 4) is 11.5 Å². The van der Waals surface area contributed by atoms with Crippen LogP contribution in [0, 0.1) is 5.82 Å². The van der Waals surface area contributed by atoms with Gasteiger partial charge in [0.1, 0.15) is 23.4 Å². The summed E-state index contributed by atoms with van der Waals surface area (Å²) in [4.78, 5) is 0. The van der Waals surface area contributed by atoms with Gasteiger partial charge in [-0.25, -0.2) is 4.39 Å². The van der Waals surface area contributed by atoms with Crippen LogP contribution in [0.1, 0.15) is 18.6 Å². The predicted octanol–water partition coefficient (Wildman–Crippen LogP) is 3.30. The molecule has 0 aliphatic carbocycles. The van der Waals surface area contributed by atoms with E-state index in [9.17, 15) is 4.39 Å². The molecular weight excluding hydrogens is 257 g/mol. The lowest BCUT2D eigenvalue weighted by Gasteiger charge is -2.24. The zero-order valence-electron chi connectivity index (χ0n) is 11.5. The van der Waals surface area contributed by atoms with Crippen LogP contribution in [0.4, 0.5) is 4.39 Å². The molecule has 2 atom stereocenters. The molecule has 2 rings (SSSR count). The second-order valence-electron chi connectivity index (χ2n) is 4.59. The predicted molar refractivity (Wildman–Crippen MR) is 76.4 cm³/mol. The van der Waals surface area contributed by atoms with Gasteiger partial charge in [-0.15, -0.1) is 0 Å². The highest BCUT2D eigenvalue weighted by Gasteiger charge is 2.21. The third kappa shape index (κ3) is 3.27. The summed E-state index contributed by atoms with van der Waals surface area (Å²) in [5.41, 5.74) is 6.89. The second kappa shape index (κ2) is 6.39. The Morgan fingerprint density at radius 2 is 1.70 bits per heavy atom. The van der Waals surface area contributed by atoms with Crippen LogP contribution in [-0.4, -0.2) is 13.2 Å². The van der Waals surface area contributed by atoms with Gasteiger partial charge in [0.25, 0.3) is 0 Å². The molecule has 2 N–H and O–H groups in total. The molecule has 0 saturated carbocycles. The van der Waals surface area contributed by atoms with E-state index in [1.807, 2.05) is 31.2 Å². The summed E-state index contributed by atoms with van der Waals surface area (Å²) in [6.07, 6.45) is -0.364. The molecule has 0 fully saturated rings. The van der Waals surface area contributed by atoms with Gasteiger partial charge in [0.2, 0.25) is 0 Å². The number of rotatable bonds is 5. The Morgan fingerprint density at radius 1 is 1.05 bits per heavy atom. The van der Waals surface area contributed by atoms with E-state index in [2.05, 4.69) is 0 Å². The number of halogens is 1. The molecule has 0 aliphatic heterocycles. The van der Waals surface area contributed by atoms with Crippen molar-refractivity contribution in [1.82, 2.24) is 0 Å². The van der Waals surface area contributed by atoms with Gasteiger partial charge < -0.3 is 15.2 Å². The highest BCUT2D eigenvalue weighted by atomic mass is 19.1. The fourth-order valence-corrected chi connectivity index (χ4v) is 2.02. The summed E-state index contributed by atoms with van der Waals surface area (Å²) in [6.45, 7) is 1.86. The van der Waals surface area contributed by atoms with Crippen molar-refractivity contribution in [2.75, 3.05) is 7.11 Å². The molecule has 0 saturated heterocycles. The van der Waals surface area contributed by atoms with Crippen LogP contribution >= 0.6 is 0 Å². The number of hydrogen-bond donors (Lipinski definition) is 1. The molecule has 106 valence electrons. The fourth-order valence-electron chi connectivity index (χ4n) is 2.02. The smallest absolute Gasteiger partial charge is 0.142 e. The van der Waals surface area contributed by atoms with Crippen LogP contribution < -0.4 is 15.2 Å². The molecule has 2 aromatic rings. The summed E-state index contributed by atoms with van der Waals surface area (Å²) in [6, 6.07) is 13.2. The first-order valence-electron chi connectivity index (χ1n) is 6.42. The Bertz CT molecular complexity index is 555. The van der Waals surface area contributed by atoms with Gasteiger partial charge >= 0.3 is 0 Å². The quantitative estimate of drug-likeness (QED) is 0.910. The van der Waals surface area contributed by atoms with Crippen molar-refractivity contribution in [2.45, 2.75) is 19.1 Å². The first kappa shape index (κ1) is 14.3. The first-order valence-corrected chi connectivity index (χ1v) is 6.42. The van der Waals surface area contributed by atoms with Crippen molar-refractivity contribution in [1.29, 1.82) is 0 Å². The molecule has 0 heterocycles. The van der Waals surface area contributed by atoms with Gasteiger partial charge in [-0.05, 0) is 37.3 Å². The minimum Gasteiger partial charge on any atom is -0.496 e. The standard InChI is InChI=1S/C16H18FNO2/c1-11(18)16(14-5-3-4-6-15(14)19-2)20-13-9-7-12(17)8-10-13/h3-11,16H,18H2,1-2H3. The molecule has 0 radical (unpaired) electrons. The number of methoxy groups -OCH3 is 1. The summed E-state index contributed by atoms with van der Waals surface area (Å²) in [5, 5.41) is 0. The summed E-state index contributed by atoms with van der Waals surface area (Å²) >= 11 is 0. The lowest BCUT2D eigenvalue weighted by molar-refractivity contribution is 0.176. The number of ether oxygens (including phenoxy) is 2. The maximum Gasteiger partial charge on any atom is 0.142 e. The Balaban J connectivity index is 2.29. The van der Waals surface area contributed by atoms with Gasteiger partial charge in [-0.2, -0.15) is 0 Å².